The van der Waals surface area contributed by atoms with Crippen molar-refractivity contribution >= 4 is 11.7 Å². The Labute approximate surface area is 163 Å². The van der Waals surface area contributed by atoms with Crippen LogP contribution in [0.4, 0.5) is 14.6 Å². The number of nitrogens with one attached hydrogen (secondary N) is 1. The Morgan fingerprint density at radius 3 is 2.48 bits per heavy atom. The molecule has 1 aliphatic carbocycles. The van der Waals surface area contributed by atoms with Gasteiger partial charge >= 0.3 is 11.6 Å². The maximum atomic E-state index is 14.2. The Balaban J connectivity index is 1.48. The highest BCUT2D eigenvalue weighted by molar-refractivity contribution is 5.92. The average Bonchev–Trinajstić information content (AvgIpc) is 3.22. The van der Waals surface area contributed by atoms with Gasteiger partial charge in [0.1, 0.15) is 11.9 Å². The molecule has 10 heteroatoms. The van der Waals surface area contributed by atoms with Crippen LogP contribution in [0.1, 0.15) is 17.4 Å². The fraction of sp³-hybridized carbons (Fsp3) is 0.421. The summed E-state index contributed by atoms with van der Waals surface area (Å²) in [5.74, 6) is -4.48. The van der Waals surface area contributed by atoms with E-state index in [2.05, 4.69) is 10.3 Å². The number of hydrogen-bond donors (Lipinski definition) is 3. The standard InChI is InChI=1S/C19H19F2N3O5/c20-19(21)15(26)13(9-25)29-17(19)24-6-5-14(23-18(24)28)22-16(27)12-7-10-3-1-2-4-11(10)8-12/h1-6,12-13,15,17,25-26H,7-9H2,(H,22,23,27,28)/t13-,15-,17?/m1/s1. The van der Waals surface area contributed by atoms with Gasteiger partial charge in [-0.15, -0.1) is 0 Å². The van der Waals surface area contributed by atoms with Crippen molar-refractivity contribution in [3.8, 4) is 0 Å². The van der Waals surface area contributed by atoms with Crippen molar-refractivity contribution in [3.63, 3.8) is 0 Å². The third-order valence-corrected chi connectivity index (χ3v) is 5.32. The molecule has 0 saturated carbocycles. The van der Waals surface area contributed by atoms with E-state index in [-0.39, 0.29) is 17.6 Å². The lowest BCUT2D eigenvalue weighted by atomic mass is 10.1. The van der Waals surface area contributed by atoms with Gasteiger partial charge in [-0.25, -0.2) is 4.79 Å². The normalized spacial score (nSPS) is 25.7. The first-order chi connectivity index (χ1) is 13.8. The number of amides is 1. The van der Waals surface area contributed by atoms with E-state index >= 15 is 0 Å². The number of carbonyl (C=O) groups excluding carboxylic acids is 1. The second kappa shape index (κ2) is 7.29. The molecule has 1 unspecified atom stereocenters. The zero-order valence-electron chi connectivity index (χ0n) is 15.2. The van der Waals surface area contributed by atoms with Crippen molar-refractivity contribution in [1.29, 1.82) is 0 Å². The van der Waals surface area contributed by atoms with Gasteiger partial charge < -0.3 is 20.3 Å². The van der Waals surface area contributed by atoms with Crippen molar-refractivity contribution in [2.75, 3.05) is 11.9 Å². The molecule has 0 radical (unpaired) electrons. The number of fused-ring (bicyclic) bond motifs is 1. The van der Waals surface area contributed by atoms with Gasteiger partial charge in [0.2, 0.25) is 12.1 Å². The summed E-state index contributed by atoms with van der Waals surface area (Å²) in [4.78, 5) is 28.4. The van der Waals surface area contributed by atoms with Gasteiger partial charge in [0.15, 0.2) is 6.10 Å². The number of aliphatic hydroxyl groups excluding tert-OH is 2. The Bertz CT molecular complexity index is 971. The van der Waals surface area contributed by atoms with E-state index in [1.54, 1.807) is 0 Å². The van der Waals surface area contributed by atoms with Crippen LogP contribution in [0, 0.1) is 5.92 Å². The predicted molar refractivity (Wildman–Crippen MR) is 96.4 cm³/mol. The molecule has 1 aliphatic heterocycles. The Kier molecular flexibility index (Phi) is 4.93. The zero-order chi connectivity index (χ0) is 20.8. The van der Waals surface area contributed by atoms with Crippen LogP contribution in [-0.4, -0.2) is 50.4 Å². The highest BCUT2D eigenvalue weighted by Gasteiger charge is 2.59. The Morgan fingerprint density at radius 1 is 1.28 bits per heavy atom. The monoisotopic (exact) mass is 407 g/mol. The molecule has 2 heterocycles. The fourth-order valence-electron chi connectivity index (χ4n) is 3.75. The van der Waals surface area contributed by atoms with E-state index in [1.165, 1.54) is 6.07 Å². The molecule has 0 bridgehead atoms. The summed E-state index contributed by atoms with van der Waals surface area (Å²) in [5, 5.41) is 21.2. The molecule has 1 aromatic carbocycles. The van der Waals surface area contributed by atoms with Gasteiger partial charge in [-0.1, -0.05) is 24.3 Å². The molecule has 3 N–H and O–H groups in total. The summed E-state index contributed by atoms with van der Waals surface area (Å²) in [7, 11) is 0. The number of benzene rings is 1. The number of alkyl halides is 2. The maximum Gasteiger partial charge on any atom is 0.351 e. The predicted octanol–water partition coefficient (Wildman–Crippen LogP) is 0.483. The van der Waals surface area contributed by atoms with Gasteiger partial charge in [0, 0.05) is 12.1 Å². The van der Waals surface area contributed by atoms with Crippen molar-refractivity contribution in [2.24, 2.45) is 5.92 Å². The summed E-state index contributed by atoms with van der Waals surface area (Å²) in [6, 6.07) is 8.92. The van der Waals surface area contributed by atoms with Crippen LogP contribution < -0.4 is 11.0 Å². The number of hydrogen-bond acceptors (Lipinski definition) is 6. The molecular weight excluding hydrogens is 388 g/mol. The van der Waals surface area contributed by atoms with Crippen molar-refractivity contribution in [1.82, 2.24) is 9.55 Å². The van der Waals surface area contributed by atoms with Crippen LogP contribution in [-0.2, 0) is 22.4 Å². The summed E-state index contributed by atoms with van der Waals surface area (Å²) in [6.07, 6.45) is -3.73. The lowest BCUT2D eigenvalue weighted by molar-refractivity contribution is -0.141. The van der Waals surface area contributed by atoms with E-state index < -0.39 is 36.7 Å². The largest absolute Gasteiger partial charge is 0.394 e. The third kappa shape index (κ3) is 3.43. The smallest absolute Gasteiger partial charge is 0.351 e. The zero-order valence-corrected chi connectivity index (χ0v) is 15.2. The first kappa shape index (κ1) is 19.6. The van der Waals surface area contributed by atoms with Crippen LogP contribution in [0.25, 0.3) is 0 Å². The molecule has 1 saturated heterocycles. The minimum Gasteiger partial charge on any atom is -0.394 e. The quantitative estimate of drug-likeness (QED) is 0.680. The SMILES string of the molecule is O=C(Nc1ccn(C2O[C@H](CO)[C@@H](O)C2(F)F)c(=O)n1)C1Cc2ccccc2C1. The number of aliphatic hydroxyl groups is 2. The van der Waals surface area contributed by atoms with E-state index in [0.717, 1.165) is 17.3 Å². The topological polar surface area (TPSA) is 114 Å². The number of anilines is 1. The van der Waals surface area contributed by atoms with Crippen LogP contribution in [0.5, 0.6) is 0 Å². The number of aromatic nitrogens is 2. The first-order valence-electron chi connectivity index (χ1n) is 9.10. The van der Waals surface area contributed by atoms with Gasteiger partial charge in [-0.05, 0) is 30.0 Å². The average molecular weight is 407 g/mol. The van der Waals surface area contributed by atoms with Gasteiger partial charge in [0.05, 0.1) is 6.61 Å². The van der Waals surface area contributed by atoms with Crippen LogP contribution >= 0.6 is 0 Å². The van der Waals surface area contributed by atoms with Crippen LogP contribution in [0.2, 0.25) is 0 Å². The molecule has 3 atom stereocenters. The molecule has 1 aromatic heterocycles. The second-order valence-corrected chi connectivity index (χ2v) is 7.19. The van der Waals surface area contributed by atoms with E-state index in [1.807, 2.05) is 24.3 Å². The summed E-state index contributed by atoms with van der Waals surface area (Å²) in [6.45, 7) is -0.826. The number of ether oxygens (including phenoxy) is 1. The van der Waals surface area contributed by atoms with Gasteiger partial charge in [0.25, 0.3) is 0 Å². The lowest BCUT2D eigenvalue weighted by Gasteiger charge is -2.21. The van der Waals surface area contributed by atoms with Gasteiger partial charge in [-0.3, -0.25) is 9.36 Å². The fourth-order valence-corrected chi connectivity index (χ4v) is 3.75. The molecule has 2 aromatic rings. The summed E-state index contributed by atoms with van der Waals surface area (Å²) >= 11 is 0. The number of halogens is 2. The molecule has 1 amide bonds. The Hall–Kier alpha value is -2.69. The van der Waals surface area contributed by atoms with Crippen molar-refractivity contribution in [3.05, 3.63) is 58.1 Å². The molecule has 1 fully saturated rings. The van der Waals surface area contributed by atoms with Crippen molar-refractivity contribution < 1.29 is 28.5 Å². The minimum absolute atomic E-state index is 0.0622. The van der Waals surface area contributed by atoms with E-state index in [0.29, 0.717) is 17.4 Å². The van der Waals surface area contributed by atoms with Crippen LogP contribution in [0.3, 0.4) is 0 Å². The highest BCUT2D eigenvalue weighted by Crippen LogP contribution is 2.42. The summed E-state index contributed by atoms with van der Waals surface area (Å²) in [5.41, 5.74) is 1.11. The van der Waals surface area contributed by atoms with E-state index in [4.69, 9.17) is 9.84 Å². The maximum absolute atomic E-state index is 14.2. The summed E-state index contributed by atoms with van der Waals surface area (Å²) < 4.78 is 33.9. The van der Waals surface area contributed by atoms with Crippen LogP contribution in [0.15, 0.2) is 41.3 Å². The minimum atomic E-state index is -3.79. The Morgan fingerprint density at radius 2 is 1.93 bits per heavy atom. The molecule has 154 valence electrons. The van der Waals surface area contributed by atoms with E-state index in [9.17, 15) is 23.5 Å². The number of carbonyl (C=O) groups is 1. The molecule has 8 nitrogen and oxygen atoms in total. The first-order valence-corrected chi connectivity index (χ1v) is 9.10. The lowest BCUT2D eigenvalue weighted by Crippen LogP contribution is -2.41. The molecule has 2 aliphatic rings. The number of rotatable bonds is 4. The molecule has 0 spiro atoms. The third-order valence-electron chi connectivity index (χ3n) is 5.32. The molecule has 29 heavy (non-hydrogen) atoms. The van der Waals surface area contributed by atoms with Gasteiger partial charge in [-0.2, -0.15) is 13.8 Å². The molecular formula is C19H19F2N3O5. The molecule has 4 rings (SSSR count). The second-order valence-electron chi connectivity index (χ2n) is 7.19. The van der Waals surface area contributed by atoms with Crippen molar-refractivity contribution in [2.45, 2.75) is 37.2 Å². The number of nitrogens with zero attached hydrogens (tertiary/aromatic N) is 2. The highest BCUT2D eigenvalue weighted by atomic mass is 19.3.